The summed E-state index contributed by atoms with van der Waals surface area (Å²) >= 11 is 3.43. The van der Waals surface area contributed by atoms with Crippen molar-refractivity contribution in [2.75, 3.05) is 6.54 Å². The molecule has 6 aromatic rings. The monoisotopic (exact) mass is 1040 g/mol. The lowest BCUT2D eigenvalue weighted by atomic mass is 9.77. The van der Waals surface area contributed by atoms with Crippen LogP contribution in [0.1, 0.15) is 98.2 Å². The molecule has 5 aromatic carbocycles. The predicted octanol–water partition coefficient (Wildman–Crippen LogP) is 7.73. The molecule has 14 nitrogen and oxygen atoms in total. The van der Waals surface area contributed by atoms with E-state index in [4.69, 9.17) is 10.7 Å². The SMILES string of the molecule is CCCCCCCC(=O)NCCCC[C@H](NC(=O)[C@@H](N)Cc1cn(C(c2ccccc2)(c2ccccc2)c2ccccc2)cn1)C(=O)N[C@H](Cc1ccc(Br)cc1)C(=O)N[C@@H](Cc1ccc(O)cc1)C(=O)O. The highest BCUT2D eigenvalue weighted by Gasteiger charge is 2.39. The second kappa shape index (κ2) is 27.5. The lowest BCUT2D eigenvalue weighted by molar-refractivity contribution is -0.142. The molecular weight excluding hydrogens is 975 g/mol. The first kappa shape index (κ1) is 54.2. The maximum absolute atomic E-state index is 14.5. The third-order valence-electron chi connectivity index (χ3n) is 12.7. The Labute approximate surface area is 430 Å². The molecule has 0 fully saturated rings. The number of phenols is 1. The number of amides is 4. The Morgan fingerprint density at radius 2 is 1.14 bits per heavy atom. The van der Waals surface area contributed by atoms with E-state index < -0.39 is 53.4 Å². The number of carbonyl (C=O) groups is 5. The summed E-state index contributed by atoms with van der Waals surface area (Å²) in [4.78, 5) is 72.5. The van der Waals surface area contributed by atoms with Crippen molar-refractivity contribution in [3.8, 4) is 5.75 Å². The lowest BCUT2D eigenvalue weighted by Crippen LogP contribution is -2.58. The summed E-state index contributed by atoms with van der Waals surface area (Å²) in [5, 5.41) is 31.2. The number of unbranched alkanes of at least 4 members (excludes halogenated alkanes) is 5. The van der Waals surface area contributed by atoms with Gasteiger partial charge in [-0.25, -0.2) is 9.78 Å². The van der Waals surface area contributed by atoms with E-state index in [0.717, 1.165) is 53.3 Å². The van der Waals surface area contributed by atoms with Gasteiger partial charge in [-0.15, -0.1) is 0 Å². The van der Waals surface area contributed by atoms with E-state index in [9.17, 15) is 34.2 Å². The zero-order valence-electron chi connectivity index (χ0n) is 40.7. The van der Waals surface area contributed by atoms with Gasteiger partial charge in [0.15, 0.2) is 0 Å². The highest BCUT2D eigenvalue weighted by molar-refractivity contribution is 9.10. The van der Waals surface area contributed by atoms with Crippen LogP contribution in [-0.4, -0.2) is 80.1 Å². The molecule has 4 atom stereocenters. The zero-order valence-corrected chi connectivity index (χ0v) is 42.3. The van der Waals surface area contributed by atoms with E-state index >= 15 is 0 Å². The number of hydrogen-bond donors (Lipinski definition) is 7. The molecule has 378 valence electrons. The number of aromatic nitrogens is 2. The van der Waals surface area contributed by atoms with Gasteiger partial charge in [0.05, 0.1) is 18.1 Å². The number of aromatic hydroxyl groups is 1. The molecule has 8 N–H and O–H groups in total. The number of aliphatic carboxylic acids is 1. The second-order valence-electron chi connectivity index (χ2n) is 18.1. The summed E-state index contributed by atoms with van der Waals surface area (Å²) in [5.41, 5.74) is 10.6. The fourth-order valence-electron chi connectivity index (χ4n) is 8.86. The number of nitrogens with two attached hydrogens (primary N) is 1. The molecule has 0 radical (unpaired) electrons. The minimum Gasteiger partial charge on any atom is -0.508 e. The number of nitrogens with zero attached hydrogens (tertiary/aromatic N) is 2. The van der Waals surface area contributed by atoms with Crippen LogP contribution in [0.3, 0.4) is 0 Å². The first-order valence-electron chi connectivity index (χ1n) is 24.8. The number of benzene rings is 5. The molecule has 0 spiro atoms. The maximum atomic E-state index is 14.5. The number of nitrogens with one attached hydrogen (secondary N) is 4. The number of phenolic OH excluding ortho intramolecular Hbond substituents is 1. The minimum absolute atomic E-state index is 0.000151. The van der Waals surface area contributed by atoms with Crippen molar-refractivity contribution in [2.24, 2.45) is 5.73 Å². The van der Waals surface area contributed by atoms with Crippen LogP contribution in [0.15, 0.2) is 157 Å². The number of imidazole rings is 1. The van der Waals surface area contributed by atoms with Crippen LogP contribution in [0.4, 0.5) is 0 Å². The summed E-state index contributed by atoms with van der Waals surface area (Å²) < 4.78 is 2.83. The van der Waals surface area contributed by atoms with E-state index in [2.05, 4.69) is 80.5 Å². The molecule has 0 bridgehead atoms. The third-order valence-corrected chi connectivity index (χ3v) is 13.3. The van der Waals surface area contributed by atoms with E-state index in [1.165, 1.54) is 12.1 Å². The Hall–Kier alpha value is -7.10. The standard InChI is InChI=1S/C57H66BrN7O7/c1-2-3-4-5-15-25-52(67)60-34-17-16-24-49(54(69)63-50(35-40-26-30-45(58)31-27-40)55(70)64-51(56(71)72)36-41-28-32-47(66)33-29-41)62-53(68)48(59)37-46-38-65(39-61-46)57(42-18-9-6-10-19-42,43-20-11-7-12-21-43)44-22-13-8-14-23-44/h6-14,18-23,26-33,38-39,48-51,66H,2-5,15-17,24-25,34-37,59H2,1H3,(H,60,67)(H,62,68)(H,63,69)(H,64,70)(H,71,72)/t48-,49-,50+,51-/m0/s1. The average Bonchev–Trinajstić information content (AvgIpc) is 3.85. The summed E-state index contributed by atoms with van der Waals surface area (Å²) in [7, 11) is 0. The number of carboxylic acid groups (broad SMARTS) is 1. The number of carbonyl (C=O) groups excluding carboxylic acids is 4. The van der Waals surface area contributed by atoms with Crippen LogP contribution in [0.5, 0.6) is 5.75 Å². The number of hydrogen-bond acceptors (Lipinski definition) is 8. The maximum Gasteiger partial charge on any atom is 0.326 e. The van der Waals surface area contributed by atoms with Crippen molar-refractivity contribution in [1.29, 1.82) is 0 Å². The first-order valence-corrected chi connectivity index (χ1v) is 25.5. The van der Waals surface area contributed by atoms with Crippen molar-refractivity contribution >= 4 is 45.5 Å². The Balaban J connectivity index is 1.21. The van der Waals surface area contributed by atoms with Gasteiger partial charge in [0.1, 0.15) is 29.4 Å². The quantitative estimate of drug-likeness (QED) is 0.0189. The van der Waals surface area contributed by atoms with Crippen molar-refractivity contribution in [1.82, 2.24) is 30.8 Å². The number of rotatable bonds is 28. The van der Waals surface area contributed by atoms with Crippen LogP contribution in [0.2, 0.25) is 0 Å². The molecule has 1 aromatic heterocycles. The topological polar surface area (TPSA) is 218 Å². The van der Waals surface area contributed by atoms with Gasteiger partial charge in [0, 0.05) is 42.9 Å². The predicted molar refractivity (Wildman–Crippen MR) is 282 cm³/mol. The van der Waals surface area contributed by atoms with E-state index in [0.29, 0.717) is 42.6 Å². The Bertz CT molecular complexity index is 2550. The van der Waals surface area contributed by atoms with Gasteiger partial charge in [0.2, 0.25) is 23.6 Å². The second-order valence-corrected chi connectivity index (χ2v) is 19.0. The molecule has 0 aliphatic carbocycles. The van der Waals surface area contributed by atoms with E-state index in [-0.39, 0.29) is 37.3 Å². The number of halogens is 1. The molecule has 6 rings (SSSR count). The van der Waals surface area contributed by atoms with Crippen molar-refractivity contribution in [3.05, 3.63) is 190 Å². The van der Waals surface area contributed by atoms with E-state index in [1.807, 2.05) is 65.4 Å². The molecule has 0 aliphatic rings. The zero-order chi connectivity index (χ0) is 51.3. The fraction of sp³-hybridized carbons (Fsp3) is 0.333. The van der Waals surface area contributed by atoms with Gasteiger partial charge in [-0.1, -0.05) is 164 Å². The Kier molecular flexibility index (Phi) is 20.7. The first-order chi connectivity index (χ1) is 34.9. The van der Waals surface area contributed by atoms with Crippen LogP contribution in [0, 0.1) is 0 Å². The molecule has 0 unspecified atom stereocenters. The summed E-state index contributed by atoms with van der Waals surface area (Å²) in [6, 6.07) is 38.5. The smallest absolute Gasteiger partial charge is 0.326 e. The molecule has 4 amide bonds. The van der Waals surface area contributed by atoms with Crippen LogP contribution in [0.25, 0.3) is 0 Å². The Morgan fingerprint density at radius 1 is 0.625 bits per heavy atom. The molecule has 0 saturated carbocycles. The molecule has 1 heterocycles. The minimum atomic E-state index is -1.37. The summed E-state index contributed by atoms with van der Waals surface area (Å²) in [6.45, 7) is 2.52. The highest BCUT2D eigenvalue weighted by Crippen LogP contribution is 2.41. The van der Waals surface area contributed by atoms with Gasteiger partial charge in [-0.05, 0) is 77.8 Å². The van der Waals surface area contributed by atoms with Gasteiger partial charge in [-0.2, -0.15) is 0 Å². The van der Waals surface area contributed by atoms with Crippen LogP contribution in [-0.2, 0) is 48.8 Å². The fourth-order valence-corrected chi connectivity index (χ4v) is 9.12. The molecule has 72 heavy (non-hydrogen) atoms. The van der Waals surface area contributed by atoms with Crippen LogP contribution < -0.4 is 27.0 Å². The molecule has 0 aliphatic heterocycles. The van der Waals surface area contributed by atoms with Gasteiger partial charge >= 0.3 is 5.97 Å². The van der Waals surface area contributed by atoms with Gasteiger partial charge < -0.3 is 41.8 Å². The normalized spacial score (nSPS) is 13.0. The van der Waals surface area contributed by atoms with Gasteiger partial charge in [0.25, 0.3) is 0 Å². The molecule has 0 saturated heterocycles. The van der Waals surface area contributed by atoms with Gasteiger partial charge in [-0.3, -0.25) is 19.2 Å². The summed E-state index contributed by atoms with van der Waals surface area (Å²) in [6.07, 6.45) is 10.2. The van der Waals surface area contributed by atoms with Crippen molar-refractivity contribution < 1.29 is 34.2 Å². The van der Waals surface area contributed by atoms with E-state index in [1.54, 1.807) is 42.7 Å². The van der Waals surface area contributed by atoms with Crippen molar-refractivity contribution in [3.63, 3.8) is 0 Å². The summed E-state index contributed by atoms with van der Waals surface area (Å²) in [5.74, 6) is -3.35. The number of carboxylic acids is 1. The largest absolute Gasteiger partial charge is 0.508 e. The third kappa shape index (κ3) is 15.4. The molecular formula is C57H66BrN7O7. The average molecular weight is 1040 g/mol. The Morgan fingerprint density at radius 3 is 1.71 bits per heavy atom. The van der Waals surface area contributed by atoms with Crippen molar-refractivity contribution in [2.45, 2.75) is 114 Å². The lowest BCUT2D eigenvalue weighted by Gasteiger charge is -2.37. The highest BCUT2D eigenvalue weighted by atomic mass is 79.9. The molecule has 15 heteroatoms. The van der Waals surface area contributed by atoms with Crippen LogP contribution >= 0.6 is 15.9 Å².